The van der Waals surface area contributed by atoms with Gasteiger partial charge in [-0.25, -0.2) is 0 Å². The fraction of sp³-hybridized carbons (Fsp3) is 0.804. The number of benzene rings is 1. The molecule has 2 N–H and O–H groups in total. The minimum Gasteiger partial charge on any atom is -0.487 e. The van der Waals surface area contributed by atoms with Gasteiger partial charge < -0.3 is 62.3 Å². The van der Waals surface area contributed by atoms with Crippen molar-refractivity contribution in [1.82, 2.24) is 14.7 Å². The van der Waals surface area contributed by atoms with Crippen LogP contribution in [0.1, 0.15) is 74.3 Å². The van der Waals surface area contributed by atoms with E-state index in [2.05, 4.69) is 6.92 Å². The van der Waals surface area contributed by atoms with Crippen LogP contribution in [0.3, 0.4) is 0 Å². The Morgan fingerprint density at radius 1 is 0.523 bits per heavy atom. The first-order chi connectivity index (χ1) is 31.0. The Kier molecular flexibility index (Phi) is 32.8. The van der Waals surface area contributed by atoms with Crippen LogP contribution in [0.2, 0.25) is 0 Å². The zero-order valence-electron chi connectivity index (χ0n) is 41.0. The number of esters is 1. The second kappa shape index (κ2) is 35.8. The maximum Gasteiger partial charge on any atom is 0.320 e. The summed E-state index contributed by atoms with van der Waals surface area (Å²) in [6.45, 7) is 25.3. The van der Waals surface area contributed by atoms with E-state index in [4.69, 9.17) is 52.1 Å². The van der Waals surface area contributed by atoms with Gasteiger partial charge >= 0.3 is 17.9 Å². The summed E-state index contributed by atoms with van der Waals surface area (Å²) in [7, 11) is 0. The van der Waals surface area contributed by atoms with Crippen molar-refractivity contribution in [3.8, 4) is 17.2 Å². The van der Waals surface area contributed by atoms with Crippen LogP contribution in [0, 0.1) is 0 Å². The summed E-state index contributed by atoms with van der Waals surface area (Å²) in [4.78, 5) is 41.3. The zero-order chi connectivity index (χ0) is 48.4. The van der Waals surface area contributed by atoms with Crippen molar-refractivity contribution in [3.05, 3.63) is 17.7 Å². The van der Waals surface area contributed by atoms with Crippen molar-refractivity contribution in [2.24, 2.45) is 0 Å². The number of aliphatic carboxylic acids is 2. The van der Waals surface area contributed by atoms with E-state index in [9.17, 15) is 24.6 Å². The third-order valence-electron chi connectivity index (χ3n) is 9.64. The number of carbonyl (C=O) groups is 3. The molecule has 65 heavy (non-hydrogen) atoms. The van der Waals surface area contributed by atoms with E-state index in [1.807, 2.05) is 60.3 Å². The molecule has 0 unspecified atom stereocenters. The van der Waals surface area contributed by atoms with Gasteiger partial charge in [0, 0.05) is 32.8 Å². The molecule has 0 amide bonds. The topological polar surface area (TPSA) is 203 Å². The number of carbonyl (C=O) groups excluding carboxylic acids is 1. The van der Waals surface area contributed by atoms with Gasteiger partial charge in [-0.15, -0.1) is 0 Å². The van der Waals surface area contributed by atoms with E-state index in [1.165, 1.54) is 0 Å². The van der Waals surface area contributed by atoms with Crippen molar-refractivity contribution >= 4 is 17.9 Å². The average Bonchev–Trinajstić information content (AvgIpc) is 3.25. The first kappa shape index (κ1) is 59.6. The van der Waals surface area contributed by atoms with Crippen molar-refractivity contribution < 1.29 is 76.7 Å². The molecule has 19 heteroatoms. The molecule has 0 aliphatic carbocycles. The monoisotopic (exact) mass is 934 g/mol. The Morgan fingerprint density at radius 3 is 1.40 bits per heavy atom. The highest BCUT2D eigenvalue weighted by Crippen LogP contribution is 2.39. The SMILES string of the molecule is CCOCCOc1c(OCCOCCOCCOC(C)(C)C)cc(COC(=O)CN(CC)CCN(CCN(CC)CC(=O)O)CC(=O)O)cc1OCCOCCOCCOC(C)(C)CC. The molecule has 0 saturated carbocycles. The van der Waals surface area contributed by atoms with Crippen LogP contribution in [0.25, 0.3) is 0 Å². The molecular weight excluding hydrogens is 851 g/mol. The van der Waals surface area contributed by atoms with Gasteiger partial charge in [-0.3, -0.25) is 29.1 Å². The van der Waals surface area contributed by atoms with E-state index in [0.717, 1.165) is 6.42 Å². The van der Waals surface area contributed by atoms with Gasteiger partial charge in [0.05, 0.1) is 104 Å². The lowest BCUT2D eigenvalue weighted by molar-refractivity contribution is -0.146. The quantitative estimate of drug-likeness (QED) is 0.0699. The van der Waals surface area contributed by atoms with Crippen LogP contribution < -0.4 is 14.2 Å². The number of hydrogen-bond donors (Lipinski definition) is 2. The Bertz CT molecular complexity index is 1410. The molecule has 1 aromatic rings. The summed E-state index contributed by atoms with van der Waals surface area (Å²) in [6, 6.07) is 3.47. The predicted octanol–water partition coefficient (Wildman–Crippen LogP) is 4.10. The lowest BCUT2D eigenvalue weighted by Crippen LogP contribution is -2.43. The molecule has 0 heterocycles. The summed E-state index contributed by atoms with van der Waals surface area (Å²) in [5.41, 5.74) is 0.176. The highest BCUT2D eigenvalue weighted by atomic mass is 16.6. The van der Waals surface area contributed by atoms with Gasteiger partial charge in [-0.05, 0) is 78.7 Å². The Hall–Kier alpha value is -3.37. The standard InChI is InChI=1S/C46H83N3O16/c1-10-46(8,9)65-31-26-59-21-19-57-24-28-61-40-33-38(32-39(44(40)62-29-22-55-13-4)60-27-23-56-18-20-58-25-30-64-45(5,6)7)37-63-43(54)36-48(12-3)15-17-49(35-42(52)53)16-14-47(11-2)34-41(50)51/h32-33H,10-31,34-37H2,1-9H3,(H,50,51)(H,52,53). The smallest absolute Gasteiger partial charge is 0.320 e. The first-order valence-electron chi connectivity index (χ1n) is 23.0. The van der Waals surface area contributed by atoms with Gasteiger partial charge in [0.15, 0.2) is 11.5 Å². The molecule has 0 aliphatic rings. The van der Waals surface area contributed by atoms with Gasteiger partial charge in [0.2, 0.25) is 5.75 Å². The zero-order valence-corrected chi connectivity index (χ0v) is 41.0. The molecule has 0 aliphatic heterocycles. The molecule has 19 nitrogen and oxygen atoms in total. The largest absolute Gasteiger partial charge is 0.487 e. The summed E-state index contributed by atoms with van der Waals surface area (Å²) in [5.74, 6) is -1.33. The highest BCUT2D eigenvalue weighted by molar-refractivity contribution is 5.72. The molecule has 378 valence electrons. The minimum absolute atomic E-state index is 0.0294. The van der Waals surface area contributed by atoms with Crippen molar-refractivity contribution in [2.45, 2.75) is 86.5 Å². The maximum atomic E-state index is 13.2. The number of likely N-dealkylation sites (N-methyl/N-ethyl adjacent to an activating group) is 2. The molecule has 0 radical (unpaired) electrons. The lowest BCUT2D eigenvalue weighted by Gasteiger charge is -2.27. The molecule has 0 atom stereocenters. The van der Waals surface area contributed by atoms with Gasteiger partial charge in [0.1, 0.15) is 26.4 Å². The second-order valence-electron chi connectivity index (χ2n) is 16.5. The fourth-order valence-electron chi connectivity index (χ4n) is 5.68. The summed E-state index contributed by atoms with van der Waals surface area (Å²) in [5, 5.41) is 18.7. The maximum absolute atomic E-state index is 13.2. The lowest BCUT2D eigenvalue weighted by atomic mass is 10.1. The molecule has 0 saturated heterocycles. The Morgan fingerprint density at radius 2 is 0.938 bits per heavy atom. The Balaban J connectivity index is 3.01. The molecule has 0 spiro atoms. The predicted molar refractivity (Wildman–Crippen MR) is 244 cm³/mol. The summed E-state index contributed by atoms with van der Waals surface area (Å²) >= 11 is 0. The van der Waals surface area contributed by atoms with Crippen LogP contribution in [-0.4, -0.2) is 212 Å². The molecule has 0 aromatic heterocycles. The van der Waals surface area contributed by atoms with Crippen LogP contribution in [-0.2, 0) is 58.9 Å². The number of hydrogen-bond acceptors (Lipinski definition) is 17. The second-order valence-corrected chi connectivity index (χ2v) is 16.5. The number of carboxylic acid groups (broad SMARTS) is 2. The van der Waals surface area contributed by atoms with Gasteiger partial charge in [0.25, 0.3) is 0 Å². The average molecular weight is 934 g/mol. The minimum atomic E-state index is -0.993. The number of ether oxygens (including phenoxy) is 11. The van der Waals surface area contributed by atoms with E-state index < -0.39 is 17.9 Å². The van der Waals surface area contributed by atoms with Crippen molar-refractivity contribution in [1.29, 1.82) is 0 Å². The third kappa shape index (κ3) is 32.1. The number of rotatable bonds is 43. The Labute approximate surface area is 388 Å². The van der Waals surface area contributed by atoms with Crippen molar-refractivity contribution in [2.75, 3.05) is 158 Å². The van der Waals surface area contributed by atoms with Crippen LogP contribution in [0.5, 0.6) is 17.2 Å². The van der Waals surface area contributed by atoms with E-state index in [0.29, 0.717) is 128 Å². The highest BCUT2D eigenvalue weighted by Gasteiger charge is 2.20. The van der Waals surface area contributed by atoms with Gasteiger partial charge in [-0.2, -0.15) is 0 Å². The number of nitrogens with zero attached hydrogens (tertiary/aromatic N) is 3. The molecule has 1 rings (SSSR count). The van der Waals surface area contributed by atoms with Crippen LogP contribution >= 0.6 is 0 Å². The third-order valence-corrected chi connectivity index (χ3v) is 9.64. The molecular formula is C46H83N3O16. The van der Waals surface area contributed by atoms with Crippen molar-refractivity contribution in [3.63, 3.8) is 0 Å². The molecule has 0 fully saturated rings. The fourth-order valence-corrected chi connectivity index (χ4v) is 5.68. The summed E-state index contributed by atoms with van der Waals surface area (Å²) < 4.78 is 64.1. The van der Waals surface area contributed by atoms with E-state index >= 15 is 0 Å². The summed E-state index contributed by atoms with van der Waals surface area (Å²) in [6.07, 6.45) is 0.909. The van der Waals surface area contributed by atoms with E-state index in [1.54, 1.807) is 21.9 Å². The molecule has 1 aromatic carbocycles. The molecule has 0 bridgehead atoms. The number of carboxylic acids is 2. The first-order valence-corrected chi connectivity index (χ1v) is 23.0. The van der Waals surface area contributed by atoms with Gasteiger partial charge in [-0.1, -0.05) is 20.8 Å². The van der Waals surface area contributed by atoms with Crippen LogP contribution in [0.15, 0.2) is 12.1 Å². The van der Waals surface area contributed by atoms with Crippen LogP contribution in [0.4, 0.5) is 0 Å². The normalized spacial score (nSPS) is 12.1. The van der Waals surface area contributed by atoms with E-state index in [-0.39, 0.29) is 70.5 Å².